The minimum atomic E-state index is -0.424. The van der Waals surface area contributed by atoms with E-state index >= 15 is 0 Å². The maximum absolute atomic E-state index is 14.0. The molecule has 3 aromatic rings. The fourth-order valence-electron chi connectivity index (χ4n) is 2.64. The van der Waals surface area contributed by atoms with Crippen LogP contribution in [-0.4, -0.2) is 5.16 Å². The molecule has 0 radical (unpaired) electrons. The molecule has 0 amide bonds. The summed E-state index contributed by atoms with van der Waals surface area (Å²) in [6.45, 7) is 2.12. The monoisotopic (exact) mass is 395 g/mol. The summed E-state index contributed by atoms with van der Waals surface area (Å²) >= 11 is 4.52. The van der Waals surface area contributed by atoms with E-state index in [0.717, 1.165) is 40.7 Å². The Bertz CT molecular complexity index is 1160. The first-order valence-electron chi connectivity index (χ1n) is 9.28. The Hall–Kier alpha value is -3.49. The van der Waals surface area contributed by atoms with Crippen LogP contribution < -0.4 is 0 Å². The quantitative estimate of drug-likeness (QED) is 0.270. The van der Waals surface area contributed by atoms with Crippen molar-refractivity contribution in [1.82, 2.24) is 0 Å². The first-order chi connectivity index (χ1) is 14.2. The topological polar surface area (TPSA) is 12.4 Å². The highest BCUT2D eigenvalue weighted by molar-refractivity contribution is 7.78. The van der Waals surface area contributed by atoms with Crippen molar-refractivity contribution in [2.45, 2.75) is 19.8 Å². The maximum Gasteiger partial charge on any atom is 0.150 e. The molecular weight excluding hydrogens is 377 g/mol. The van der Waals surface area contributed by atoms with Gasteiger partial charge >= 0.3 is 0 Å². The molecule has 3 aromatic carbocycles. The molecule has 0 aliphatic carbocycles. The second-order valence-electron chi connectivity index (χ2n) is 6.33. The number of hydrogen-bond donors (Lipinski definition) is 0. The minimum absolute atomic E-state index is 0.189. The largest absolute Gasteiger partial charge is 0.205 e. The van der Waals surface area contributed by atoms with E-state index in [1.165, 1.54) is 6.07 Å². The molecule has 0 aliphatic heterocycles. The Morgan fingerprint density at radius 3 is 1.90 bits per heavy atom. The van der Waals surface area contributed by atoms with Gasteiger partial charge in [-0.1, -0.05) is 48.8 Å². The van der Waals surface area contributed by atoms with Crippen LogP contribution in [0.25, 0.3) is 11.1 Å². The van der Waals surface area contributed by atoms with Gasteiger partial charge in [-0.15, -0.1) is 0 Å². The Labute approximate surface area is 176 Å². The fourth-order valence-corrected chi connectivity index (χ4v) is 2.74. The lowest BCUT2D eigenvalue weighted by atomic mass is 10.0. The molecule has 0 heterocycles. The highest BCUT2D eigenvalue weighted by atomic mass is 32.1. The maximum atomic E-state index is 14.0. The predicted octanol–water partition coefficient (Wildman–Crippen LogP) is 6.78. The molecule has 0 saturated heterocycles. The Morgan fingerprint density at radius 1 is 0.793 bits per heavy atom. The van der Waals surface area contributed by atoms with Crippen LogP contribution in [-0.2, 0) is 0 Å². The van der Waals surface area contributed by atoms with Crippen LogP contribution in [0.4, 0.5) is 10.1 Å². The molecule has 3 heteroatoms. The van der Waals surface area contributed by atoms with Gasteiger partial charge in [0.1, 0.15) is 11.5 Å². The first kappa shape index (κ1) is 20.2. The van der Waals surface area contributed by atoms with Gasteiger partial charge in [-0.05, 0) is 78.3 Å². The number of unbranched alkanes of at least 4 members (excludes halogenated alkanes) is 1. The van der Waals surface area contributed by atoms with Gasteiger partial charge in [-0.3, -0.25) is 0 Å². The number of thiocarbonyl (C=S) groups is 1. The number of isothiocyanates is 1. The third-order valence-electron chi connectivity index (χ3n) is 4.18. The molecule has 0 atom stereocenters. The third kappa shape index (κ3) is 5.74. The van der Waals surface area contributed by atoms with E-state index in [-0.39, 0.29) is 5.69 Å². The molecule has 0 unspecified atom stereocenters. The van der Waals surface area contributed by atoms with Crippen molar-refractivity contribution < 1.29 is 4.39 Å². The van der Waals surface area contributed by atoms with E-state index in [1.54, 1.807) is 12.1 Å². The van der Waals surface area contributed by atoms with Crippen molar-refractivity contribution in [2.75, 3.05) is 0 Å². The van der Waals surface area contributed by atoms with E-state index in [4.69, 9.17) is 0 Å². The molecule has 0 fully saturated rings. The standard InChI is InChI=1S/C26H18FNS/c1-2-3-4-5-20-6-8-21(9-7-20)10-11-22-12-14-23(15-13-22)24-16-17-26(28-19-29)25(27)18-24/h6-9,12-18H,2-3H2,1H3. The van der Waals surface area contributed by atoms with Crippen LogP contribution in [0.2, 0.25) is 0 Å². The molecule has 140 valence electrons. The van der Waals surface area contributed by atoms with Gasteiger partial charge < -0.3 is 0 Å². The van der Waals surface area contributed by atoms with Gasteiger partial charge in [0.2, 0.25) is 0 Å². The molecule has 0 spiro atoms. The Kier molecular flexibility index (Phi) is 7.10. The zero-order chi connectivity index (χ0) is 20.5. The molecule has 0 aromatic heterocycles. The van der Waals surface area contributed by atoms with E-state index in [2.05, 4.69) is 53.0 Å². The highest BCUT2D eigenvalue weighted by Gasteiger charge is 2.04. The molecule has 0 bridgehead atoms. The summed E-state index contributed by atoms with van der Waals surface area (Å²) in [5.41, 5.74) is 4.69. The summed E-state index contributed by atoms with van der Waals surface area (Å²) in [6, 6.07) is 20.5. The smallest absolute Gasteiger partial charge is 0.150 e. The molecule has 3 rings (SSSR count). The average Bonchev–Trinajstić information content (AvgIpc) is 2.75. The number of rotatable bonds is 3. The van der Waals surface area contributed by atoms with Crippen LogP contribution in [0.1, 0.15) is 36.5 Å². The van der Waals surface area contributed by atoms with Gasteiger partial charge in [-0.25, -0.2) is 4.39 Å². The van der Waals surface area contributed by atoms with Crippen molar-refractivity contribution in [3.8, 4) is 34.8 Å². The summed E-state index contributed by atoms with van der Waals surface area (Å²) in [5, 5.41) is 2.18. The van der Waals surface area contributed by atoms with Crippen LogP contribution >= 0.6 is 12.2 Å². The Morgan fingerprint density at radius 2 is 1.34 bits per heavy atom. The number of nitrogens with zero attached hydrogens (tertiary/aromatic N) is 1. The van der Waals surface area contributed by atoms with Gasteiger partial charge in [0.15, 0.2) is 0 Å². The second-order valence-corrected chi connectivity index (χ2v) is 6.51. The Balaban J connectivity index is 1.73. The lowest BCUT2D eigenvalue weighted by Gasteiger charge is -2.03. The zero-order valence-electron chi connectivity index (χ0n) is 16.0. The lowest BCUT2D eigenvalue weighted by molar-refractivity contribution is 0.630. The van der Waals surface area contributed by atoms with Crippen molar-refractivity contribution in [3.63, 3.8) is 0 Å². The fraction of sp³-hybridized carbons (Fsp3) is 0.115. The number of halogens is 1. The van der Waals surface area contributed by atoms with E-state index in [9.17, 15) is 4.39 Å². The zero-order valence-corrected chi connectivity index (χ0v) is 16.8. The van der Waals surface area contributed by atoms with Crippen molar-refractivity contribution in [1.29, 1.82) is 0 Å². The summed E-state index contributed by atoms with van der Waals surface area (Å²) < 4.78 is 14.0. The van der Waals surface area contributed by atoms with Crippen LogP contribution in [0.15, 0.2) is 71.7 Å². The van der Waals surface area contributed by atoms with Gasteiger partial charge in [0.25, 0.3) is 0 Å². The molecule has 0 aliphatic rings. The van der Waals surface area contributed by atoms with Crippen molar-refractivity contribution in [3.05, 3.63) is 89.2 Å². The summed E-state index contributed by atoms with van der Waals surface area (Å²) in [5.74, 6) is 12.2. The summed E-state index contributed by atoms with van der Waals surface area (Å²) in [4.78, 5) is 3.70. The van der Waals surface area contributed by atoms with Crippen molar-refractivity contribution in [2.24, 2.45) is 4.99 Å². The minimum Gasteiger partial charge on any atom is -0.205 e. The van der Waals surface area contributed by atoms with Crippen LogP contribution in [0, 0.1) is 29.5 Å². The normalized spacial score (nSPS) is 9.45. The van der Waals surface area contributed by atoms with E-state index < -0.39 is 5.82 Å². The molecular formula is C26H18FNS. The molecule has 1 nitrogen and oxygen atoms in total. The van der Waals surface area contributed by atoms with E-state index in [0.29, 0.717) is 0 Å². The molecule has 0 N–H and O–H groups in total. The number of hydrogen-bond acceptors (Lipinski definition) is 2. The van der Waals surface area contributed by atoms with Gasteiger partial charge in [-0.2, -0.15) is 4.99 Å². The van der Waals surface area contributed by atoms with Gasteiger partial charge in [0.05, 0.1) is 5.16 Å². The lowest BCUT2D eigenvalue weighted by Crippen LogP contribution is -1.83. The molecule has 0 saturated carbocycles. The second kappa shape index (κ2) is 10.2. The predicted molar refractivity (Wildman–Crippen MR) is 121 cm³/mol. The van der Waals surface area contributed by atoms with Crippen LogP contribution in [0.5, 0.6) is 0 Å². The van der Waals surface area contributed by atoms with Gasteiger partial charge in [0, 0.05) is 23.1 Å². The van der Waals surface area contributed by atoms with Crippen LogP contribution in [0.3, 0.4) is 0 Å². The number of aliphatic imine (C=N–C) groups is 1. The van der Waals surface area contributed by atoms with Crippen molar-refractivity contribution >= 4 is 23.1 Å². The number of benzene rings is 3. The molecule has 29 heavy (non-hydrogen) atoms. The summed E-state index contributed by atoms with van der Waals surface area (Å²) in [6.07, 6.45) is 1.98. The summed E-state index contributed by atoms with van der Waals surface area (Å²) in [7, 11) is 0. The SMILES string of the molecule is CCCC#Cc1ccc(C#Cc2ccc(-c3ccc(N=C=S)c(F)c3)cc2)cc1. The average molecular weight is 396 g/mol. The van der Waals surface area contributed by atoms with E-state index in [1.807, 2.05) is 48.5 Å². The highest BCUT2D eigenvalue weighted by Crippen LogP contribution is 2.26. The third-order valence-corrected chi connectivity index (χ3v) is 4.27. The first-order valence-corrected chi connectivity index (χ1v) is 9.69.